The number of piperidine rings is 2. The summed E-state index contributed by atoms with van der Waals surface area (Å²) < 4.78 is 43.3. The first kappa shape index (κ1) is 33.6. The van der Waals surface area contributed by atoms with Crippen molar-refractivity contribution in [2.24, 2.45) is 5.92 Å². The molecule has 6 rings (SSSR count). The fourth-order valence-corrected chi connectivity index (χ4v) is 7.43. The molecule has 0 aliphatic carbocycles. The number of urea groups is 1. The molecule has 0 bridgehead atoms. The Morgan fingerprint density at radius 2 is 1.69 bits per heavy atom. The molecule has 2 aromatic carbocycles. The minimum atomic E-state index is -4.73. The van der Waals surface area contributed by atoms with E-state index < -0.39 is 23.3 Å². The number of amides is 4. The lowest BCUT2D eigenvalue weighted by Gasteiger charge is -2.39. The highest BCUT2D eigenvalue weighted by Crippen LogP contribution is 2.39. The third-order valence-corrected chi connectivity index (χ3v) is 10.2. The molecule has 1 aromatic heterocycles. The number of aromatic nitrogens is 2. The van der Waals surface area contributed by atoms with Gasteiger partial charge in [-0.1, -0.05) is 29.8 Å². The van der Waals surface area contributed by atoms with E-state index in [0.29, 0.717) is 58.4 Å². The van der Waals surface area contributed by atoms with Crippen LogP contribution in [0.25, 0.3) is 0 Å². The first-order valence-electron chi connectivity index (χ1n) is 16.3. The first-order valence-corrected chi connectivity index (χ1v) is 16.7. The van der Waals surface area contributed by atoms with Crippen LogP contribution in [0.1, 0.15) is 54.8 Å². The number of rotatable bonds is 7. The number of carbonyl (C=O) groups excluding carboxylic acids is 3. The number of hydrogen-bond donors (Lipinski definition) is 2. The van der Waals surface area contributed by atoms with Crippen LogP contribution in [0.4, 0.5) is 29.3 Å². The van der Waals surface area contributed by atoms with Gasteiger partial charge in [0.25, 0.3) is 0 Å². The number of halogens is 4. The lowest BCUT2D eigenvalue weighted by atomic mass is 9.91. The molecule has 256 valence electrons. The number of carbonyl (C=O) groups is 3. The van der Waals surface area contributed by atoms with Gasteiger partial charge in [-0.2, -0.15) is 13.2 Å². The fraction of sp³-hybridized carbons (Fsp3) is 0.471. The Balaban J connectivity index is 1.13. The lowest BCUT2D eigenvalue weighted by molar-refractivity contribution is -0.142. The van der Waals surface area contributed by atoms with Gasteiger partial charge in [0.05, 0.1) is 28.5 Å². The largest absolute Gasteiger partial charge is 0.418 e. The van der Waals surface area contributed by atoms with E-state index in [4.69, 9.17) is 17.3 Å². The number of nitrogens with two attached hydrogens (primary N) is 1. The number of fused-ring (bicyclic) bond motifs is 1. The molecule has 10 nitrogen and oxygen atoms in total. The molecule has 14 heteroatoms. The van der Waals surface area contributed by atoms with Crippen LogP contribution in [-0.4, -0.2) is 80.9 Å². The van der Waals surface area contributed by atoms with Crippen LogP contribution in [0.3, 0.4) is 0 Å². The summed E-state index contributed by atoms with van der Waals surface area (Å²) in [5.41, 5.74) is 6.10. The summed E-state index contributed by atoms with van der Waals surface area (Å²) >= 11 is 6.12. The minimum absolute atomic E-state index is 0.0460. The van der Waals surface area contributed by atoms with E-state index in [1.54, 1.807) is 22.3 Å². The molecule has 2 saturated heterocycles. The third kappa shape index (κ3) is 7.40. The smallest absolute Gasteiger partial charge is 0.397 e. The number of para-hydroxylation sites is 1. The van der Waals surface area contributed by atoms with Crippen molar-refractivity contribution in [1.82, 2.24) is 24.3 Å². The van der Waals surface area contributed by atoms with Crippen molar-refractivity contribution in [3.63, 3.8) is 0 Å². The van der Waals surface area contributed by atoms with Crippen LogP contribution in [0, 0.1) is 5.92 Å². The zero-order valence-electron chi connectivity index (χ0n) is 26.5. The predicted octanol–water partition coefficient (Wildman–Crippen LogP) is 5.63. The average molecular weight is 686 g/mol. The summed E-state index contributed by atoms with van der Waals surface area (Å²) in [7, 11) is 0. The SMILES string of the molecule is Nc1c(Cl)cc(CC(CC(=O)N2CCC(N3CCc4ccccc4NC3=O)CC2)C(=O)N2CCC(n3ccnc3)CC2)cc1C(F)(F)F. The van der Waals surface area contributed by atoms with Gasteiger partial charge in [0.1, 0.15) is 0 Å². The highest BCUT2D eigenvalue weighted by molar-refractivity contribution is 6.33. The van der Waals surface area contributed by atoms with Gasteiger partial charge in [-0.15, -0.1) is 0 Å². The van der Waals surface area contributed by atoms with Crippen LogP contribution >= 0.6 is 11.6 Å². The number of imidazole rings is 1. The van der Waals surface area contributed by atoms with Gasteiger partial charge in [-0.3, -0.25) is 9.59 Å². The van der Waals surface area contributed by atoms with Crippen molar-refractivity contribution in [3.8, 4) is 0 Å². The Hall–Kier alpha value is -4.26. The number of nitrogen functional groups attached to an aromatic ring is 1. The summed E-state index contributed by atoms with van der Waals surface area (Å²) in [5.74, 6) is -1.41. The summed E-state index contributed by atoms with van der Waals surface area (Å²) in [6.45, 7) is 2.29. The van der Waals surface area contributed by atoms with Gasteiger partial charge >= 0.3 is 12.2 Å². The molecule has 4 amide bonds. The van der Waals surface area contributed by atoms with Crippen molar-refractivity contribution < 1.29 is 27.6 Å². The molecule has 0 spiro atoms. The van der Waals surface area contributed by atoms with E-state index >= 15 is 0 Å². The molecule has 2 fully saturated rings. The first-order chi connectivity index (χ1) is 23.0. The topological polar surface area (TPSA) is 117 Å². The third-order valence-electron chi connectivity index (χ3n) is 9.87. The number of nitrogens with one attached hydrogen (secondary N) is 1. The van der Waals surface area contributed by atoms with Crippen LogP contribution in [0.5, 0.6) is 0 Å². The van der Waals surface area contributed by atoms with Crippen LogP contribution in [0.15, 0.2) is 55.1 Å². The number of benzene rings is 2. The zero-order valence-corrected chi connectivity index (χ0v) is 27.2. The second kappa shape index (κ2) is 14.1. The Labute approximate surface area is 282 Å². The predicted molar refractivity (Wildman–Crippen MR) is 175 cm³/mol. The second-order valence-electron chi connectivity index (χ2n) is 12.9. The number of hydrogen-bond acceptors (Lipinski definition) is 5. The maximum absolute atomic E-state index is 14.0. The number of alkyl halides is 3. The maximum Gasteiger partial charge on any atom is 0.418 e. The molecule has 3 aliphatic rings. The van der Waals surface area contributed by atoms with Crippen LogP contribution in [-0.2, 0) is 28.6 Å². The number of anilines is 2. The monoisotopic (exact) mass is 685 g/mol. The molecular formula is C34H39ClF3N7O3. The van der Waals surface area contributed by atoms with E-state index in [1.807, 2.05) is 39.9 Å². The van der Waals surface area contributed by atoms with Gasteiger partial charge < -0.3 is 30.3 Å². The van der Waals surface area contributed by atoms with Crippen LogP contribution in [0.2, 0.25) is 5.02 Å². The molecular weight excluding hydrogens is 647 g/mol. The van der Waals surface area contributed by atoms with E-state index in [1.165, 1.54) is 6.07 Å². The van der Waals surface area contributed by atoms with Crippen LogP contribution < -0.4 is 11.1 Å². The Morgan fingerprint density at radius 1 is 1.00 bits per heavy atom. The standard InChI is InChI=1S/C34H39ClF3N7O3/c35-28-19-22(18-27(31(28)39)34(36,37)38)17-24(32(47)43-13-6-25(7-14-43)44-16-10-40-21-44)20-30(46)42-11-8-26(9-12-42)45-15-5-23-3-1-2-4-29(23)41-33(45)48/h1-4,10,16,18-19,21,24-26H,5-9,11-15,17,20,39H2,(H,41,48). The molecule has 3 aliphatic heterocycles. The molecule has 0 saturated carbocycles. The molecule has 0 radical (unpaired) electrons. The zero-order chi connectivity index (χ0) is 34.0. The maximum atomic E-state index is 14.0. The Kier molecular flexibility index (Phi) is 9.86. The van der Waals surface area contributed by atoms with Crippen molar-refractivity contribution >= 4 is 40.8 Å². The Morgan fingerprint density at radius 3 is 2.38 bits per heavy atom. The fourth-order valence-electron chi connectivity index (χ4n) is 7.19. The molecule has 48 heavy (non-hydrogen) atoms. The van der Waals surface area contributed by atoms with Gasteiger partial charge in [-0.25, -0.2) is 9.78 Å². The highest BCUT2D eigenvalue weighted by atomic mass is 35.5. The van der Waals surface area contributed by atoms with Crippen molar-refractivity contribution in [3.05, 3.63) is 76.8 Å². The molecule has 1 atom stereocenters. The summed E-state index contributed by atoms with van der Waals surface area (Å²) in [4.78, 5) is 50.1. The quantitative estimate of drug-likeness (QED) is 0.313. The summed E-state index contributed by atoms with van der Waals surface area (Å²) in [6.07, 6.45) is 3.62. The summed E-state index contributed by atoms with van der Waals surface area (Å²) in [5, 5.41) is 2.75. The number of nitrogens with zero attached hydrogens (tertiary/aromatic N) is 5. The van der Waals surface area contributed by atoms with Gasteiger partial charge in [0.2, 0.25) is 11.8 Å². The second-order valence-corrected chi connectivity index (χ2v) is 13.3. The average Bonchev–Trinajstić information content (AvgIpc) is 3.56. The van der Waals surface area contributed by atoms with E-state index in [9.17, 15) is 27.6 Å². The van der Waals surface area contributed by atoms with Crippen molar-refractivity contribution in [1.29, 1.82) is 0 Å². The molecule has 4 heterocycles. The normalized spacial score (nSPS) is 18.7. The molecule has 3 N–H and O–H groups in total. The summed E-state index contributed by atoms with van der Waals surface area (Å²) in [6, 6.07) is 9.97. The van der Waals surface area contributed by atoms with E-state index in [0.717, 1.165) is 23.7 Å². The van der Waals surface area contributed by atoms with Crippen molar-refractivity contribution in [2.75, 3.05) is 43.8 Å². The van der Waals surface area contributed by atoms with E-state index in [2.05, 4.69) is 10.3 Å². The minimum Gasteiger partial charge on any atom is -0.397 e. The van der Waals surface area contributed by atoms with Crippen molar-refractivity contribution in [2.45, 2.75) is 63.2 Å². The highest BCUT2D eigenvalue weighted by Gasteiger charge is 2.37. The molecule has 1 unspecified atom stereocenters. The van der Waals surface area contributed by atoms with E-state index in [-0.39, 0.29) is 53.4 Å². The van der Waals surface area contributed by atoms with Gasteiger partial charge in [0, 0.05) is 69.3 Å². The van der Waals surface area contributed by atoms with Gasteiger partial charge in [-0.05, 0) is 67.9 Å². The Bertz CT molecular complexity index is 1640. The number of likely N-dealkylation sites (tertiary alicyclic amines) is 2. The molecule has 3 aromatic rings. The van der Waals surface area contributed by atoms with Gasteiger partial charge in [0.15, 0.2) is 0 Å². The lowest BCUT2D eigenvalue weighted by Crippen LogP contribution is -2.50.